The van der Waals surface area contributed by atoms with Gasteiger partial charge in [-0.1, -0.05) is 15.9 Å². The lowest BCUT2D eigenvalue weighted by molar-refractivity contribution is 0.250. The molecule has 0 radical (unpaired) electrons. The van der Waals surface area contributed by atoms with Crippen molar-refractivity contribution in [2.75, 3.05) is 37.8 Å². The first-order chi connectivity index (χ1) is 8.08. The number of hydrogen-bond acceptors (Lipinski definition) is 3. The fourth-order valence-corrected chi connectivity index (χ4v) is 2.82. The summed E-state index contributed by atoms with van der Waals surface area (Å²) in [6.07, 6.45) is 2.42. The van der Waals surface area contributed by atoms with Crippen LogP contribution in [-0.2, 0) is 0 Å². The topological polar surface area (TPSA) is 32.5 Å². The highest BCUT2D eigenvalue weighted by atomic mass is 79.9. The van der Waals surface area contributed by atoms with E-state index in [-0.39, 0.29) is 0 Å². The molecule has 3 nitrogen and oxygen atoms in total. The quantitative estimate of drug-likeness (QED) is 0.852. The standard InChI is InChI=1S/C13H20BrN3/c1-16(2)11-5-7-17(8-6-11)13-4-3-10(14)9-12(13)15/h3-4,9,11H,5-8,15H2,1-2H3. The van der Waals surface area contributed by atoms with Crippen molar-refractivity contribution < 1.29 is 0 Å². The normalized spacial score (nSPS) is 17.8. The first-order valence-electron chi connectivity index (χ1n) is 6.04. The molecule has 0 bridgehead atoms. The molecule has 94 valence electrons. The van der Waals surface area contributed by atoms with Crippen LogP contribution in [0.25, 0.3) is 0 Å². The number of benzene rings is 1. The number of anilines is 2. The molecule has 1 aliphatic heterocycles. The molecule has 1 saturated heterocycles. The SMILES string of the molecule is CN(C)C1CCN(c2ccc(Br)cc2N)CC1. The molecule has 0 aliphatic carbocycles. The molecule has 0 amide bonds. The fourth-order valence-electron chi connectivity index (χ4n) is 2.44. The lowest BCUT2D eigenvalue weighted by atomic mass is 10.0. The van der Waals surface area contributed by atoms with Gasteiger partial charge < -0.3 is 15.5 Å². The minimum atomic E-state index is 0.711. The van der Waals surface area contributed by atoms with E-state index in [1.54, 1.807) is 0 Å². The van der Waals surface area contributed by atoms with E-state index in [9.17, 15) is 0 Å². The van der Waals surface area contributed by atoms with E-state index < -0.39 is 0 Å². The van der Waals surface area contributed by atoms with Crippen molar-refractivity contribution in [3.05, 3.63) is 22.7 Å². The Kier molecular flexibility index (Phi) is 3.94. The lowest BCUT2D eigenvalue weighted by Crippen LogP contribution is -2.42. The van der Waals surface area contributed by atoms with E-state index in [0.717, 1.165) is 23.2 Å². The second-order valence-corrected chi connectivity index (χ2v) is 5.80. The van der Waals surface area contributed by atoms with E-state index in [4.69, 9.17) is 5.73 Å². The van der Waals surface area contributed by atoms with E-state index in [2.05, 4.69) is 52.0 Å². The van der Waals surface area contributed by atoms with Gasteiger partial charge in [0.2, 0.25) is 0 Å². The van der Waals surface area contributed by atoms with E-state index in [0.29, 0.717) is 6.04 Å². The third kappa shape index (κ3) is 2.93. The van der Waals surface area contributed by atoms with Crippen molar-refractivity contribution in [2.45, 2.75) is 18.9 Å². The van der Waals surface area contributed by atoms with Gasteiger partial charge in [0.1, 0.15) is 0 Å². The number of rotatable bonds is 2. The van der Waals surface area contributed by atoms with Gasteiger partial charge in [0.15, 0.2) is 0 Å². The molecular formula is C13H20BrN3. The Bertz CT molecular complexity index is 384. The van der Waals surface area contributed by atoms with Crippen LogP contribution < -0.4 is 10.6 Å². The van der Waals surface area contributed by atoms with Gasteiger partial charge >= 0.3 is 0 Å². The summed E-state index contributed by atoms with van der Waals surface area (Å²) in [4.78, 5) is 4.71. The largest absolute Gasteiger partial charge is 0.397 e. The molecule has 4 heteroatoms. The zero-order valence-corrected chi connectivity index (χ0v) is 12.1. The third-order valence-corrected chi connectivity index (χ3v) is 4.02. The van der Waals surface area contributed by atoms with Gasteiger partial charge in [0.05, 0.1) is 11.4 Å². The molecular weight excluding hydrogens is 278 g/mol. The molecule has 0 aromatic heterocycles. The predicted octanol–water partition coefficient (Wildman–Crippen LogP) is 2.56. The van der Waals surface area contributed by atoms with Crippen LogP contribution in [0.3, 0.4) is 0 Å². The summed E-state index contributed by atoms with van der Waals surface area (Å²) >= 11 is 3.44. The monoisotopic (exact) mass is 297 g/mol. The molecule has 2 N–H and O–H groups in total. The van der Waals surface area contributed by atoms with E-state index >= 15 is 0 Å². The predicted molar refractivity (Wildman–Crippen MR) is 77.5 cm³/mol. The Morgan fingerprint density at radius 2 is 1.94 bits per heavy atom. The van der Waals surface area contributed by atoms with Crippen molar-refractivity contribution in [1.82, 2.24) is 4.90 Å². The van der Waals surface area contributed by atoms with Crippen LogP contribution in [0.4, 0.5) is 11.4 Å². The fraction of sp³-hybridized carbons (Fsp3) is 0.538. The number of piperidine rings is 1. The maximum absolute atomic E-state index is 6.06. The first kappa shape index (κ1) is 12.7. The summed E-state index contributed by atoms with van der Waals surface area (Å²) in [6, 6.07) is 6.86. The Morgan fingerprint density at radius 3 is 2.47 bits per heavy atom. The molecule has 1 aromatic carbocycles. The average molecular weight is 298 g/mol. The zero-order chi connectivity index (χ0) is 12.4. The molecule has 0 saturated carbocycles. The molecule has 1 aromatic rings. The second-order valence-electron chi connectivity index (χ2n) is 4.88. The van der Waals surface area contributed by atoms with Crippen LogP contribution >= 0.6 is 15.9 Å². The number of nitrogen functional groups attached to an aromatic ring is 1. The molecule has 1 fully saturated rings. The maximum Gasteiger partial charge on any atom is 0.0600 e. The highest BCUT2D eigenvalue weighted by Crippen LogP contribution is 2.29. The molecule has 1 aliphatic rings. The van der Waals surface area contributed by atoms with E-state index in [1.165, 1.54) is 18.5 Å². The van der Waals surface area contributed by atoms with Crippen LogP contribution in [0.1, 0.15) is 12.8 Å². The molecule has 0 unspecified atom stereocenters. The van der Waals surface area contributed by atoms with Crippen molar-refractivity contribution in [3.63, 3.8) is 0 Å². The Balaban J connectivity index is 2.05. The molecule has 2 rings (SSSR count). The smallest absolute Gasteiger partial charge is 0.0600 e. The number of nitrogens with zero attached hydrogens (tertiary/aromatic N) is 2. The lowest BCUT2D eigenvalue weighted by Gasteiger charge is -2.37. The minimum Gasteiger partial charge on any atom is -0.397 e. The van der Waals surface area contributed by atoms with Gasteiger partial charge in [-0.2, -0.15) is 0 Å². The molecule has 17 heavy (non-hydrogen) atoms. The van der Waals surface area contributed by atoms with Crippen LogP contribution in [0.15, 0.2) is 22.7 Å². The Hall–Kier alpha value is -0.740. The van der Waals surface area contributed by atoms with Gasteiger partial charge in [0.25, 0.3) is 0 Å². The van der Waals surface area contributed by atoms with Crippen molar-refractivity contribution in [2.24, 2.45) is 0 Å². The molecule has 1 heterocycles. The van der Waals surface area contributed by atoms with Gasteiger partial charge in [-0.15, -0.1) is 0 Å². The highest BCUT2D eigenvalue weighted by Gasteiger charge is 2.21. The van der Waals surface area contributed by atoms with Crippen molar-refractivity contribution in [1.29, 1.82) is 0 Å². The Labute approximate surface area is 112 Å². The van der Waals surface area contributed by atoms with Crippen molar-refractivity contribution in [3.8, 4) is 0 Å². The average Bonchev–Trinajstić information content (AvgIpc) is 2.29. The van der Waals surface area contributed by atoms with Crippen LogP contribution in [0.5, 0.6) is 0 Å². The third-order valence-electron chi connectivity index (χ3n) is 3.53. The van der Waals surface area contributed by atoms with Gasteiger partial charge in [-0.25, -0.2) is 0 Å². The van der Waals surface area contributed by atoms with Gasteiger partial charge in [-0.05, 0) is 45.1 Å². The summed E-state index contributed by atoms with van der Waals surface area (Å²) in [7, 11) is 4.32. The summed E-state index contributed by atoms with van der Waals surface area (Å²) in [5.41, 5.74) is 8.10. The highest BCUT2D eigenvalue weighted by molar-refractivity contribution is 9.10. The maximum atomic E-state index is 6.06. The number of nitrogens with two attached hydrogens (primary N) is 1. The first-order valence-corrected chi connectivity index (χ1v) is 6.83. The number of hydrogen-bond donors (Lipinski definition) is 1. The van der Waals surface area contributed by atoms with Crippen molar-refractivity contribution >= 4 is 27.3 Å². The minimum absolute atomic E-state index is 0.711. The van der Waals surface area contributed by atoms with E-state index in [1.807, 2.05) is 6.07 Å². The Morgan fingerprint density at radius 1 is 1.29 bits per heavy atom. The molecule has 0 spiro atoms. The van der Waals surface area contributed by atoms with Crippen LogP contribution in [-0.4, -0.2) is 38.1 Å². The summed E-state index contributed by atoms with van der Waals surface area (Å²) < 4.78 is 1.04. The summed E-state index contributed by atoms with van der Waals surface area (Å²) in [6.45, 7) is 2.18. The summed E-state index contributed by atoms with van der Waals surface area (Å²) in [5.74, 6) is 0. The second kappa shape index (κ2) is 5.27. The summed E-state index contributed by atoms with van der Waals surface area (Å²) in [5, 5.41) is 0. The van der Waals surface area contributed by atoms with Crippen LogP contribution in [0, 0.1) is 0 Å². The molecule has 0 atom stereocenters. The number of halogens is 1. The zero-order valence-electron chi connectivity index (χ0n) is 10.5. The van der Waals surface area contributed by atoms with Crippen LogP contribution in [0.2, 0.25) is 0 Å². The van der Waals surface area contributed by atoms with Gasteiger partial charge in [-0.3, -0.25) is 0 Å². The van der Waals surface area contributed by atoms with Gasteiger partial charge in [0, 0.05) is 23.6 Å².